The average molecular weight is 252 g/mol. The zero-order valence-corrected chi connectivity index (χ0v) is 9.29. The molecule has 9 heteroatoms. The predicted octanol–water partition coefficient (Wildman–Crippen LogP) is -0.350. The van der Waals surface area contributed by atoms with E-state index in [0.717, 1.165) is 12.4 Å². The van der Waals surface area contributed by atoms with Gasteiger partial charge in [0.25, 0.3) is 10.0 Å². The molecule has 0 bridgehead atoms. The van der Waals surface area contributed by atoms with Crippen LogP contribution in [0.3, 0.4) is 0 Å². The van der Waals surface area contributed by atoms with Gasteiger partial charge in [-0.05, 0) is 0 Å². The number of sulfonamides is 1. The molecule has 0 radical (unpaired) electrons. The molecule has 0 spiro atoms. The maximum absolute atomic E-state index is 11.8. The Balaban J connectivity index is 2.29. The SMILES string of the molecule is Nc1ncc(S(=O)(=O)Nc2cncnc2)cn1. The van der Waals surface area contributed by atoms with Crippen LogP contribution in [0.1, 0.15) is 0 Å². The largest absolute Gasteiger partial charge is 0.368 e. The topological polar surface area (TPSA) is 124 Å². The van der Waals surface area contributed by atoms with E-state index in [9.17, 15) is 8.42 Å². The van der Waals surface area contributed by atoms with Crippen molar-refractivity contribution in [2.75, 3.05) is 10.5 Å². The van der Waals surface area contributed by atoms with Crippen molar-refractivity contribution in [1.29, 1.82) is 0 Å². The Morgan fingerprint density at radius 2 is 1.65 bits per heavy atom. The van der Waals surface area contributed by atoms with Gasteiger partial charge in [-0.2, -0.15) is 0 Å². The van der Waals surface area contributed by atoms with Gasteiger partial charge in [-0.1, -0.05) is 0 Å². The van der Waals surface area contributed by atoms with Crippen LogP contribution in [0.2, 0.25) is 0 Å². The lowest BCUT2D eigenvalue weighted by atomic mass is 10.6. The lowest BCUT2D eigenvalue weighted by Crippen LogP contribution is -2.14. The summed E-state index contributed by atoms with van der Waals surface area (Å²) in [6, 6.07) is 0. The van der Waals surface area contributed by atoms with Crippen molar-refractivity contribution in [3.8, 4) is 0 Å². The van der Waals surface area contributed by atoms with E-state index in [1.54, 1.807) is 0 Å². The van der Waals surface area contributed by atoms with Gasteiger partial charge in [-0.3, -0.25) is 4.72 Å². The number of anilines is 2. The second-order valence-electron chi connectivity index (χ2n) is 3.01. The summed E-state index contributed by atoms with van der Waals surface area (Å²) in [4.78, 5) is 14.5. The highest BCUT2D eigenvalue weighted by Crippen LogP contribution is 2.12. The Morgan fingerprint density at radius 3 is 2.24 bits per heavy atom. The molecule has 3 N–H and O–H groups in total. The fourth-order valence-corrected chi connectivity index (χ4v) is 1.95. The van der Waals surface area contributed by atoms with E-state index in [1.807, 2.05) is 0 Å². The molecule has 0 saturated heterocycles. The Hall–Kier alpha value is -2.29. The lowest BCUT2D eigenvalue weighted by Gasteiger charge is -2.06. The van der Waals surface area contributed by atoms with Gasteiger partial charge in [0.2, 0.25) is 5.95 Å². The first-order valence-corrected chi connectivity index (χ1v) is 5.91. The summed E-state index contributed by atoms with van der Waals surface area (Å²) in [5.74, 6) is 0.00648. The van der Waals surface area contributed by atoms with E-state index >= 15 is 0 Å². The minimum Gasteiger partial charge on any atom is -0.368 e. The van der Waals surface area contributed by atoms with E-state index in [-0.39, 0.29) is 16.5 Å². The summed E-state index contributed by atoms with van der Waals surface area (Å²) >= 11 is 0. The molecule has 8 nitrogen and oxygen atoms in total. The number of nitrogen functional groups attached to an aromatic ring is 1. The Kier molecular flexibility index (Phi) is 2.83. The molecule has 0 amide bonds. The van der Waals surface area contributed by atoms with Crippen LogP contribution in [-0.2, 0) is 10.0 Å². The zero-order chi connectivity index (χ0) is 12.3. The third kappa shape index (κ3) is 2.64. The Bertz CT molecular complexity index is 598. The van der Waals surface area contributed by atoms with Gasteiger partial charge < -0.3 is 5.73 Å². The van der Waals surface area contributed by atoms with Crippen molar-refractivity contribution in [3.63, 3.8) is 0 Å². The molecule has 0 aliphatic rings. The van der Waals surface area contributed by atoms with Crippen LogP contribution in [0, 0.1) is 0 Å². The molecule has 0 aliphatic heterocycles. The first-order chi connectivity index (χ1) is 8.08. The maximum Gasteiger partial charge on any atom is 0.265 e. The molecule has 0 atom stereocenters. The second-order valence-corrected chi connectivity index (χ2v) is 4.69. The molecule has 2 aromatic rings. The van der Waals surface area contributed by atoms with Crippen molar-refractivity contribution in [3.05, 3.63) is 31.1 Å². The number of hydrogen-bond donors (Lipinski definition) is 2. The number of hydrogen-bond acceptors (Lipinski definition) is 7. The number of rotatable bonds is 3. The zero-order valence-electron chi connectivity index (χ0n) is 8.48. The number of nitrogens with one attached hydrogen (secondary N) is 1. The van der Waals surface area contributed by atoms with Gasteiger partial charge in [0, 0.05) is 0 Å². The highest BCUT2D eigenvalue weighted by atomic mass is 32.2. The van der Waals surface area contributed by atoms with Crippen molar-refractivity contribution in [2.45, 2.75) is 4.90 Å². The smallest absolute Gasteiger partial charge is 0.265 e. The van der Waals surface area contributed by atoms with E-state index in [0.29, 0.717) is 0 Å². The maximum atomic E-state index is 11.8. The first-order valence-electron chi connectivity index (χ1n) is 4.43. The predicted molar refractivity (Wildman–Crippen MR) is 59.3 cm³/mol. The van der Waals surface area contributed by atoms with E-state index in [1.165, 1.54) is 18.7 Å². The lowest BCUT2D eigenvalue weighted by molar-refractivity contribution is 0.600. The molecule has 88 valence electrons. The molecule has 0 aliphatic carbocycles. The molecule has 0 unspecified atom stereocenters. The van der Waals surface area contributed by atoms with E-state index in [2.05, 4.69) is 24.7 Å². The summed E-state index contributed by atoms with van der Waals surface area (Å²) in [6.45, 7) is 0. The normalized spacial score (nSPS) is 11.1. The van der Waals surface area contributed by atoms with Crippen molar-refractivity contribution >= 4 is 21.7 Å². The molecule has 0 aromatic carbocycles. The van der Waals surface area contributed by atoms with Crippen LogP contribution in [0.5, 0.6) is 0 Å². The van der Waals surface area contributed by atoms with Gasteiger partial charge in [0.15, 0.2) is 0 Å². The molecule has 17 heavy (non-hydrogen) atoms. The number of nitrogens with zero attached hydrogens (tertiary/aromatic N) is 4. The molecule has 2 heterocycles. The Morgan fingerprint density at radius 1 is 1.06 bits per heavy atom. The minimum atomic E-state index is -3.74. The van der Waals surface area contributed by atoms with Crippen molar-refractivity contribution in [1.82, 2.24) is 19.9 Å². The second kappa shape index (κ2) is 4.29. The fourth-order valence-electron chi connectivity index (χ4n) is 1.03. The summed E-state index contributed by atoms with van der Waals surface area (Å²) in [5, 5.41) is 0. The standard InChI is InChI=1S/C8H8N6O2S/c9-8-12-3-7(4-13-8)17(15,16)14-6-1-10-5-11-2-6/h1-5,14H,(H2,9,12,13). The van der Waals surface area contributed by atoms with Crippen LogP contribution in [0.25, 0.3) is 0 Å². The van der Waals surface area contributed by atoms with Gasteiger partial charge in [0.05, 0.1) is 30.5 Å². The van der Waals surface area contributed by atoms with Crippen LogP contribution in [-0.4, -0.2) is 28.4 Å². The summed E-state index contributed by atoms with van der Waals surface area (Å²) in [7, 11) is -3.74. The third-order valence-corrected chi connectivity index (χ3v) is 3.11. The van der Waals surface area contributed by atoms with Gasteiger partial charge in [-0.25, -0.2) is 28.4 Å². The van der Waals surface area contributed by atoms with Gasteiger partial charge >= 0.3 is 0 Å². The molecule has 0 fully saturated rings. The molecule has 2 rings (SSSR count). The average Bonchev–Trinajstić information content (AvgIpc) is 2.30. The van der Waals surface area contributed by atoms with Crippen molar-refractivity contribution < 1.29 is 8.42 Å². The fraction of sp³-hybridized carbons (Fsp3) is 0. The molecule has 0 saturated carbocycles. The van der Waals surface area contributed by atoms with Gasteiger partial charge in [-0.15, -0.1) is 0 Å². The molecule has 2 aromatic heterocycles. The number of nitrogens with two attached hydrogens (primary N) is 1. The van der Waals surface area contributed by atoms with Crippen LogP contribution < -0.4 is 10.5 Å². The summed E-state index contributed by atoms with van der Waals surface area (Å²) in [5.41, 5.74) is 5.52. The van der Waals surface area contributed by atoms with E-state index in [4.69, 9.17) is 5.73 Å². The Labute approximate surface area is 97.0 Å². The van der Waals surface area contributed by atoms with Crippen LogP contribution in [0.4, 0.5) is 11.6 Å². The monoisotopic (exact) mass is 252 g/mol. The molecular formula is C8H8N6O2S. The quantitative estimate of drug-likeness (QED) is 0.764. The number of aromatic nitrogens is 4. The minimum absolute atomic E-state index is 0.00648. The van der Waals surface area contributed by atoms with Gasteiger partial charge in [0.1, 0.15) is 11.2 Å². The first kappa shape index (κ1) is 11.2. The highest BCUT2D eigenvalue weighted by molar-refractivity contribution is 7.92. The van der Waals surface area contributed by atoms with Crippen molar-refractivity contribution in [2.24, 2.45) is 0 Å². The molecular weight excluding hydrogens is 244 g/mol. The highest BCUT2D eigenvalue weighted by Gasteiger charge is 2.15. The van der Waals surface area contributed by atoms with Crippen LogP contribution in [0.15, 0.2) is 36.0 Å². The van der Waals surface area contributed by atoms with Crippen LogP contribution >= 0.6 is 0 Å². The van der Waals surface area contributed by atoms with E-state index < -0.39 is 10.0 Å². The summed E-state index contributed by atoms with van der Waals surface area (Å²) in [6.07, 6.45) is 6.21. The summed E-state index contributed by atoms with van der Waals surface area (Å²) < 4.78 is 25.9. The third-order valence-electron chi connectivity index (χ3n) is 1.77.